The molecule has 20 heteroatoms. The maximum atomic E-state index is 13.1. The molecule has 2 aromatic carbocycles. The number of benzene rings is 2. The molecule has 0 radical (unpaired) electrons. The Labute approximate surface area is 517 Å². The number of fused-ring (bicyclic) bond motifs is 2. The molecule has 12 rings (SSSR count). The maximum Gasteiger partial charge on any atom is 0.410 e. The number of imidazole rings is 2. The fraction of sp³-hybridized carbons (Fsp3) is 0.515. The van der Waals surface area contributed by atoms with Crippen LogP contribution < -0.4 is 21.7 Å². The van der Waals surface area contributed by atoms with E-state index in [0.29, 0.717) is 60.2 Å². The summed E-state index contributed by atoms with van der Waals surface area (Å²) in [6.07, 6.45) is 31.1. The first-order chi connectivity index (χ1) is 42.6. The van der Waals surface area contributed by atoms with Crippen LogP contribution in [0.5, 0.6) is 0 Å². The molecule has 3 aliphatic carbocycles. The van der Waals surface area contributed by atoms with Gasteiger partial charge in [-0.25, -0.2) is 19.4 Å². The SMILES string of the molecule is CCN(Cc1cncc(-c2ccc3c(c2)c(-c2ncc(C(=O)NC4CCCCC4)[nH]2)nn3C2CCCCO2)c1C)C(=O)OC(C)(C)C.CCNCc1cncc(-c2ccc3[nH]nc(-c4ncc(C(=O)NC5CCCCC5)[nH]4)c3c2)c1C.NC1CCCCC1. The van der Waals surface area contributed by atoms with Crippen LogP contribution in [0.15, 0.2) is 73.6 Å². The van der Waals surface area contributed by atoms with Crippen molar-refractivity contribution in [2.45, 2.75) is 207 Å². The summed E-state index contributed by atoms with van der Waals surface area (Å²) in [5.41, 5.74) is 17.6. The topological polar surface area (TPSA) is 265 Å². The van der Waals surface area contributed by atoms with Crippen molar-refractivity contribution in [2.24, 2.45) is 5.73 Å². The molecule has 3 amide bonds. The largest absolute Gasteiger partial charge is 0.444 e. The normalized spacial score (nSPS) is 17.0. The molecule has 7 heterocycles. The molecule has 1 atom stereocenters. The lowest BCUT2D eigenvalue weighted by Gasteiger charge is -2.27. The molecule has 1 unspecified atom stereocenters. The molecule has 4 fully saturated rings. The van der Waals surface area contributed by atoms with Crippen molar-refractivity contribution in [3.63, 3.8) is 0 Å². The van der Waals surface area contributed by atoms with Crippen molar-refractivity contribution in [1.82, 2.24) is 70.7 Å². The highest BCUT2D eigenvalue weighted by molar-refractivity contribution is 5.98. The third kappa shape index (κ3) is 15.7. The van der Waals surface area contributed by atoms with E-state index in [9.17, 15) is 14.4 Å². The zero-order chi connectivity index (χ0) is 61.7. The second kappa shape index (κ2) is 29.5. The predicted octanol–water partition coefficient (Wildman–Crippen LogP) is 13.1. The minimum atomic E-state index is -0.576. The van der Waals surface area contributed by atoms with Crippen molar-refractivity contribution in [3.8, 4) is 45.3 Å². The van der Waals surface area contributed by atoms with E-state index in [0.717, 1.165) is 126 Å². The lowest BCUT2D eigenvalue weighted by Crippen LogP contribution is -2.36. The molecule has 0 spiro atoms. The van der Waals surface area contributed by atoms with E-state index in [1.165, 1.54) is 68.9 Å². The molecule has 468 valence electrons. The van der Waals surface area contributed by atoms with Crippen molar-refractivity contribution >= 4 is 39.7 Å². The first kappa shape index (κ1) is 63.2. The van der Waals surface area contributed by atoms with Gasteiger partial charge in [-0.1, -0.05) is 76.8 Å². The highest BCUT2D eigenvalue weighted by atomic mass is 16.6. The van der Waals surface area contributed by atoms with Gasteiger partial charge in [0.15, 0.2) is 17.9 Å². The number of hydrogen-bond acceptors (Lipinski definition) is 13. The molecule has 8 N–H and O–H groups in total. The molecular weight excluding hydrogens is 1110 g/mol. The summed E-state index contributed by atoms with van der Waals surface area (Å²) >= 11 is 0. The number of carbonyl (C=O) groups is 3. The van der Waals surface area contributed by atoms with Gasteiger partial charge in [0.05, 0.1) is 30.0 Å². The Bertz CT molecular complexity index is 3620. The Kier molecular flexibility index (Phi) is 21.2. The number of hydrogen-bond donors (Lipinski definition) is 7. The zero-order valence-electron chi connectivity index (χ0n) is 52.7. The minimum absolute atomic E-state index is 0.106. The monoisotopic (exact) mass is 1200 g/mol. The Morgan fingerprint density at radius 3 is 1.80 bits per heavy atom. The van der Waals surface area contributed by atoms with Gasteiger partial charge in [-0.05, 0) is 164 Å². The summed E-state index contributed by atoms with van der Waals surface area (Å²) in [6.45, 7) is 17.1. The van der Waals surface area contributed by atoms with E-state index in [1.54, 1.807) is 17.3 Å². The van der Waals surface area contributed by atoms with Crippen molar-refractivity contribution < 1.29 is 23.9 Å². The molecule has 8 aromatic rings. The van der Waals surface area contributed by atoms with Crippen LogP contribution in [0.25, 0.3) is 67.1 Å². The smallest absolute Gasteiger partial charge is 0.410 e. The number of carbonyl (C=O) groups excluding carboxylic acids is 3. The third-order valence-corrected chi connectivity index (χ3v) is 17.5. The maximum absolute atomic E-state index is 13.1. The fourth-order valence-corrected chi connectivity index (χ4v) is 12.4. The number of nitrogens with one attached hydrogen (secondary N) is 6. The standard InChI is InChI=1S/C36H47N7O4.C26H31N7O.C6H13N/c1-6-42(35(45)47-36(3,4)5)22-25-19-37-20-28(23(25)2)24-15-16-30-27(18-24)32(41-43(30)31-14-10-11-17-46-31)33-38-21-29(40-33)34(44)39-26-12-8-7-9-13-26;1-3-27-12-18-13-28-14-21(16(18)2)17-9-10-22-20(11-17)24(33-32-22)25-29-15-23(31-25)26(34)30-19-7-5-4-6-8-19;7-6-4-2-1-3-5-6/h15-16,18-21,26,31H,6-14,17,22H2,1-5H3,(H,38,40)(H,39,44);9-11,13-15,19,27H,3-8,12H2,1-2H3,(H,29,31)(H,30,34)(H,32,33);6H,1-5,7H2. The highest BCUT2D eigenvalue weighted by Crippen LogP contribution is 2.37. The number of H-pyrrole nitrogens is 3. The van der Waals surface area contributed by atoms with Crippen LogP contribution in [0.3, 0.4) is 0 Å². The zero-order valence-corrected chi connectivity index (χ0v) is 52.7. The van der Waals surface area contributed by atoms with Crippen LogP contribution in [0.2, 0.25) is 0 Å². The second-order valence-electron chi connectivity index (χ2n) is 25.2. The van der Waals surface area contributed by atoms with Crippen molar-refractivity contribution in [3.05, 3.63) is 107 Å². The summed E-state index contributed by atoms with van der Waals surface area (Å²) in [7, 11) is 0. The molecule has 3 saturated carbocycles. The predicted molar refractivity (Wildman–Crippen MR) is 345 cm³/mol. The van der Waals surface area contributed by atoms with Gasteiger partial charge < -0.3 is 46.0 Å². The van der Waals surface area contributed by atoms with Crippen LogP contribution in [-0.4, -0.2) is 116 Å². The number of ether oxygens (including phenoxy) is 2. The molecule has 6 aromatic heterocycles. The van der Waals surface area contributed by atoms with E-state index in [2.05, 4.69) is 107 Å². The van der Waals surface area contributed by atoms with Crippen LogP contribution in [-0.2, 0) is 22.6 Å². The Balaban J connectivity index is 0.000000182. The van der Waals surface area contributed by atoms with Gasteiger partial charge in [0.1, 0.15) is 28.4 Å². The second-order valence-corrected chi connectivity index (χ2v) is 25.2. The molecule has 88 heavy (non-hydrogen) atoms. The highest BCUT2D eigenvalue weighted by Gasteiger charge is 2.27. The Morgan fingerprint density at radius 1 is 0.682 bits per heavy atom. The van der Waals surface area contributed by atoms with Crippen molar-refractivity contribution in [1.29, 1.82) is 0 Å². The number of nitrogens with zero attached hydrogens (tertiary/aromatic N) is 8. The number of aromatic amines is 3. The van der Waals surface area contributed by atoms with Gasteiger partial charge in [0.25, 0.3) is 11.8 Å². The van der Waals surface area contributed by atoms with Gasteiger partial charge in [-0.15, -0.1) is 0 Å². The van der Waals surface area contributed by atoms with Gasteiger partial charge in [0.2, 0.25) is 0 Å². The molecular formula is C68H91N15O5. The summed E-state index contributed by atoms with van der Waals surface area (Å²) in [5, 5.41) is 24.2. The van der Waals surface area contributed by atoms with Gasteiger partial charge in [0, 0.05) is 84.5 Å². The lowest BCUT2D eigenvalue weighted by atomic mass is 9.95. The number of rotatable bonds is 15. The van der Waals surface area contributed by atoms with Crippen LogP contribution >= 0.6 is 0 Å². The first-order valence-corrected chi connectivity index (χ1v) is 32.3. The lowest BCUT2D eigenvalue weighted by molar-refractivity contribution is -0.0365. The molecule has 4 aliphatic rings. The fourth-order valence-electron chi connectivity index (χ4n) is 12.4. The average Bonchev–Trinajstić information content (AvgIpc) is 1.68. The van der Waals surface area contributed by atoms with E-state index in [-0.39, 0.29) is 36.2 Å². The van der Waals surface area contributed by atoms with Gasteiger partial charge >= 0.3 is 6.09 Å². The number of aromatic nitrogens is 10. The van der Waals surface area contributed by atoms with E-state index in [1.807, 2.05) is 63.2 Å². The van der Waals surface area contributed by atoms with E-state index >= 15 is 0 Å². The number of pyridine rings is 2. The van der Waals surface area contributed by atoms with E-state index in [4.69, 9.17) is 20.3 Å². The molecule has 20 nitrogen and oxygen atoms in total. The van der Waals surface area contributed by atoms with Crippen LogP contribution in [0.1, 0.15) is 200 Å². The summed E-state index contributed by atoms with van der Waals surface area (Å²) in [5.74, 6) is 0.870. The minimum Gasteiger partial charge on any atom is -0.444 e. The van der Waals surface area contributed by atoms with Crippen LogP contribution in [0.4, 0.5) is 4.79 Å². The number of amides is 3. The van der Waals surface area contributed by atoms with Gasteiger partial charge in [-0.2, -0.15) is 10.2 Å². The van der Waals surface area contributed by atoms with Gasteiger partial charge in [-0.3, -0.25) is 24.7 Å². The summed E-state index contributed by atoms with van der Waals surface area (Å²) < 4.78 is 13.7. The Morgan fingerprint density at radius 2 is 1.24 bits per heavy atom. The first-order valence-electron chi connectivity index (χ1n) is 32.3. The Hall–Kier alpha value is -7.81. The van der Waals surface area contributed by atoms with Crippen LogP contribution in [0, 0.1) is 13.8 Å². The number of nitrogens with two attached hydrogens (primary N) is 1. The van der Waals surface area contributed by atoms with Crippen molar-refractivity contribution in [2.75, 3.05) is 19.7 Å². The summed E-state index contributed by atoms with van der Waals surface area (Å²) in [6, 6.07) is 13.5. The quantitative estimate of drug-likeness (QED) is 0.0504. The van der Waals surface area contributed by atoms with E-state index < -0.39 is 5.60 Å². The summed E-state index contributed by atoms with van der Waals surface area (Å²) in [4.78, 5) is 65.0. The average molecular weight is 1200 g/mol. The molecule has 1 saturated heterocycles. The third-order valence-electron chi connectivity index (χ3n) is 17.5. The molecule has 0 bridgehead atoms. The molecule has 1 aliphatic heterocycles.